The molecule has 210 valence electrons. The Morgan fingerprint density at radius 3 is 2.21 bits per heavy atom. The van der Waals surface area contributed by atoms with Crippen LogP contribution in [0.25, 0.3) is 22.3 Å². The van der Waals surface area contributed by atoms with Crippen molar-refractivity contribution in [3.8, 4) is 28.0 Å². The molecule has 0 bridgehead atoms. The Morgan fingerprint density at radius 2 is 1.56 bits per heavy atom. The van der Waals surface area contributed by atoms with Crippen LogP contribution in [0.15, 0.2) is 54.6 Å². The summed E-state index contributed by atoms with van der Waals surface area (Å²) in [6, 6.07) is 12.4. The van der Waals surface area contributed by atoms with Crippen LogP contribution in [0.3, 0.4) is 0 Å². The van der Waals surface area contributed by atoms with Crippen LogP contribution in [0.2, 0.25) is 0 Å². The van der Waals surface area contributed by atoms with E-state index >= 15 is 0 Å². The topological polar surface area (TPSA) is 27.7 Å². The molecule has 0 N–H and O–H groups in total. The van der Waals surface area contributed by atoms with Gasteiger partial charge in [-0.3, -0.25) is 0 Å². The summed E-state index contributed by atoms with van der Waals surface area (Å²) in [5, 5.41) is 0. The van der Waals surface area contributed by atoms with E-state index < -0.39 is 35.2 Å². The highest BCUT2D eigenvalue weighted by Crippen LogP contribution is 2.37. The maximum Gasteiger partial charge on any atom is 0.386 e. The second kappa shape index (κ2) is 12.9. The minimum absolute atomic E-state index is 0.0415. The van der Waals surface area contributed by atoms with Crippen molar-refractivity contribution >= 4 is 0 Å². The molecule has 0 amide bonds. The Balaban J connectivity index is 1.42. The summed E-state index contributed by atoms with van der Waals surface area (Å²) in [5.74, 6) is -3.39. The van der Waals surface area contributed by atoms with E-state index in [0.717, 1.165) is 37.8 Å². The van der Waals surface area contributed by atoms with Gasteiger partial charge in [-0.15, -0.1) is 0 Å². The molecule has 0 aliphatic carbocycles. The van der Waals surface area contributed by atoms with Crippen molar-refractivity contribution in [1.29, 1.82) is 0 Å². The van der Waals surface area contributed by atoms with E-state index in [9.17, 15) is 22.0 Å². The lowest BCUT2D eigenvalue weighted by Crippen LogP contribution is -2.36. The largest absolute Gasteiger partial charge is 0.491 e. The number of alkyl halides is 2. The van der Waals surface area contributed by atoms with Gasteiger partial charge in [0.1, 0.15) is 5.82 Å². The molecule has 2 atom stereocenters. The number of rotatable bonds is 11. The van der Waals surface area contributed by atoms with Gasteiger partial charge >= 0.3 is 6.11 Å². The number of unbranched alkanes of at least 4 members (excludes halogenated alkanes) is 2. The van der Waals surface area contributed by atoms with Gasteiger partial charge in [0.05, 0.1) is 31.0 Å². The molecule has 1 saturated heterocycles. The van der Waals surface area contributed by atoms with Gasteiger partial charge < -0.3 is 14.2 Å². The SMILES string of the molecule is CCCCCC1CCC(OC(F)(F)c2ccc(-c3ccc(-c4ccc(OCC)c(F)c4F)cc3)cc2F)CO1. The summed E-state index contributed by atoms with van der Waals surface area (Å²) in [6.07, 6.45) is 0.639. The number of ether oxygens (including phenoxy) is 3. The maximum atomic E-state index is 14.9. The van der Waals surface area contributed by atoms with Crippen molar-refractivity contribution in [2.75, 3.05) is 13.2 Å². The fourth-order valence-corrected chi connectivity index (χ4v) is 4.79. The third kappa shape index (κ3) is 6.97. The Bertz CT molecular complexity index is 1240. The Hall–Kier alpha value is -2.97. The van der Waals surface area contributed by atoms with E-state index in [0.29, 0.717) is 29.5 Å². The number of benzene rings is 3. The molecule has 3 nitrogen and oxygen atoms in total. The van der Waals surface area contributed by atoms with Crippen molar-refractivity contribution in [3.05, 3.63) is 77.6 Å². The molecule has 3 aromatic carbocycles. The van der Waals surface area contributed by atoms with Crippen molar-refractivity contribution in [2.24, 2.45) is 0 Å². The highest BCUT2D eigenvalue weighted by atomic mass is 19.3. The standard InChI is InChI=1S/C31H33F5O3/c1-3-5-6-7-23-13-14-24(19-38-23)39-31(35,36)26-16-12-22(18-27(26)32)20-8-10-21(11-9-20)25-15-17-28(37-4-2)30(34)29(25)33/h8-12,15-18,23-24H,3-7,13-14,19H2,1-2H3. The lowest BCUT2D eigenvalue weighted by molar-refractivity contribution is -0.289. The zero-order valence-corrected chi connectivity index (χ0v) is 22.1. The second-order valence-electron chi connectivity index (χ2n) is 9.73. The van der Waals surface area contributed by atoms with Gasteiger partial charge in [0.25, 0.3) is 0 Å². The minimum Gasteiger partial charge on any atom is -0.491 e. The normalized spacial score (nSPS) is 17.8. The predicted molar refractivity (Wildman–Crippen MR) is 140 cm³/mol. The zero-order valence-electron chi connectivity index (χ0n) is 22.1. The summed E-state index contributed by atoms with van der Waals surface area (Å²) in [4.78, 5) is 0. The summed E-state index contributed by atoms with van der Waals surface area (Å²) in [5.41, 5.74) is 0.472. The predicted octanol–water partition coefficient (Wildman–Crippen LogP) is 9.03. The monoisotopic (exact) mass is 548 g/mol. The van der Waals surface area contributed by atoms with Gasteiger partial charge in [0, 0.05) is 5.56 Å². The van der Waals surface area contributed by atoms with Crippen LogP contribution in [0.5, 0.6) is 5.75 Å². The molecular formula is C31H33F5O3. The smallest absolute Gasteiger partial charge is 0.386 e. The van der Waals surface area contributed by atoms with Crippen molar-refractivity contribution in [2.45, 2.75) is 70.7 Å². The number of hydrogen-bond donors (Lipinski definition) is 0. The van der Waals surface area contributed by atoms with Crippen LogP contribution in [0, 0.1) is 17.5 Å². The van der Waals surface area contributed by atoms with E-state index in [1.807, 2.05) is 0 Å². The van der Waals surface area contributed by atoms with Crippen LogP contribution in [0.4, 0.5) is 22.0 Å². The number of hydrogen-bond acceptors (Lipinski definition) is 3. The molecular weight excluding hydrogens is 515 g/mol. The van der Waals surface area contributed by atoms with Crippen LogP contribution in [0.1, 0.15) is 57.9 Å². The van der Waals surface area contributed by atoms with Gasteiger partial charge in [0.2, 0.25) is 5.82 Å². The highest BCUT2D eigenvalue weighted by molar-refractivity contribution is 5.71. The van der Waals surface area contributed by atoms with Crippen LogP contribution >= 0.6 is 0 Å². The molecule has 1 aliphatic rings. The Morgan fingerprint density at radius 1 is 0.846 bits per heavy atom. The summed E-state index contributed by atoms with van der Waals surface area (Å²) >= 11 is 0. The summed E-state index contributed by atoms with van der Waals surface area (Å²) < 4.78 is 89.2. The molecule has 0 aromatic heterocycles. The molecule has 0 spiro atoms. The van der Waals surface area contributed by atoms with E-state index in [2.05, 4.69) is 6.92 Å². The minimum atomic E-state index is -3.81. The van der Waals surface area contributed by atoms with Crippen LogP contribution < -0.4 is 4.74 Å². The van der Waals surface area contributed by atoms with Crippen LogP contribution in [-0.4, -0.2) is 25.4 Å². The third-order valence-electron chi connectivity index (χ3n) is 6.93. The molecule has 39 heavy (non-hydrogen) atoms. The van der Waals surface area contributed by atoms with E-state index in [-0.39, 0.29) is 30.6 Å². The molecule has 4 rings (SSSR count). The first-order chi connectivity index (χ1) is 18.7. The van der Waals surface area contributed by atoms with Crippen molar-refractivity contribution in [3.63, 3.8) is 0 Å². The average molecular weight is 549 g/mol. The first kappa shape index (κ1) is 29.0. The molecule has 3 aromatic rings. The van der Waals surface area contributed by atoms with Gasteiger partial charge in [-0.25, -0.2) is 8.78 Å². The molecule has 1 aliphatic heterocycles. The quantitative estimate of drug-likeness (QED) is 0.177. The summed E-state index contributed by atoms with van der Waals surface area (Å²) in [7, 11) is 0. The Kier molecular flexibility index (Phi) is 9.62. The number of halogens is 5. The molecule has 0 saturated carbocycles. The third-order valence-corrected chi connectivity index (χ3v) is 6.93. The van der Waals surface area contributed by atoms with Gasteiger partial charge in [0.15, 0.2) is 11.6 Å². The fraction of sp³-hybridized carbons (Fsp3) is 0.419. The van der Waals surface area contributed by atoms with E-state index in [1.54, 1.807) is 31.2 Å². The average Bonchev–Trinajstić information content (AvgIpc) is 2.92. The lowest BCUT2D eigenvalue weighted by Gasteiger charge is -2.31. The van der Waals surface area contributed by atoms with Gasteiger partial charge in [-0.1, -0.05) is 56.5 Å². The first-order valence-corrected chi connectivity index (χ1v) is 13.4. The molecule has 1 fully saturated rings. The molecule has 1 heterocycles. The lowest BCUT2D eigenvalue weighted by atomic mass is 9.98. The van der Waals surface area contributed by atoms with E-state index in [4.69, 9.17) is 14.2 Å². The van der Waals surface area contributed by atoms with Crippen molar-refractivity contribution < 1.29 is 36.2 Å². The maximum absolute atomic E-state index is 14.9. The molecule has 2 unspecified atom stereocenters. The fourth-order valence-electron chi connectivity index (χ4n) is 4.79. The zero-order chi connectivity index (χ0) is 28.0. The van der Waals surface area contributed by atoms with Gasteiger partial charge in [-0.2, -0.15) is 13.2 Å². The van der Waals surface area contributed by atoms with Gasteiger partial charge in [-0.05, 0) is 67.1 Å². The molecule has 0 radical (unpaired) electrons. The Labute approximate surface area is 225 Å². The second-order valence-corrected chi connectivity index (χ2v) is 9.73. The van der Waals surface area contributed by atoms with Crippen molar-refractivity contribution in [1.82, 2.24) is 0 Å². The molecule has 8 heteroatoms. The first-order valence-electron chi connectivity index (χ1n) is 13.4. The van der Waals surface area contributed by atoms with E-state index in [1.165, 1.54) is 18.2 Å². The highest BCUT2D eigenvalue weighted by Gasteiger charge is 2.40. The summed E-state index contributed by atoms with van der Waals surface area (Å²) in [6.45, 7) is 4.04. The van der Waals surface area contributed by atoms with Crippen LogP contribution in [-0.2, 0) is 15.6 Å².